The van der Waals surface area contributed by atoms with E-state index in [1.54, 1.807) is 0 Å². The van der Waals surface area contributed by atoms with Gasteiger partial charge in [-0.25, -0.2) is 4.79 Å². The SMILES string of the molecule is CCCCOCCOC(=O)c1cc(N)cc(Cl)c1Cl. The highest BCUT2D eigenvalue weighted by Crippen LogP contribution is 2.29. The number of rotatable bonds is 7. The molecule has 0 aliphatic heterocycles. The van der Waals surface area contributed by atoms with Crippen molar-refractivity contribution in [2.24, 2.45) is 0 Å². The lowest BCUT2D eigenvalue weighted by Crippen LogP contribution is -2.12. The predicted octanol–water partition coefficient (Wildman–Crippen LogP) is 3.55. The molecule has 0 radical (unpaired) electrons. The molecule has 0 amide bonds. The second-order valence-corrected chi connectivity index (χ2v) is 4.75. The third-order valence-electron chi connectivity index (χ3n) is 2.37. The number of unbranched alkanes of at least 4 members (excludes halogenated alkanes) is 1. The number of halogens is 2. The van der Waals surface area contributed by atoms with E-state index in [-0.39, 0.29) is 22.2 Å². The van der Waals surface area contributed by atoms with Crippen molar-refractivity contribution in [2.45, 2.75) is 19.8 Å². The van der Waals surface area contributed by atoms with Gasteiger partial charge in [-0.15, -0.1) is 0 Å². The number of nitrogens with two attached hydrogens (primary N) is 1. The number of carbonyl (C=O) groups excluding carboxylic acids is 1. The minimum Gasteiger partial charge on any atom is -0.460 e. The molecule has 2 N–H and O–H groups in total. The van der Waals surface area contributed by atoms with Gasteiger partial charge in [0.2, 0.25) is 0 Å². The van der Waals surface area contributed by atoms with E-state index in [1.165, 1.54) is 12.1 Å². The van der Waals surface area contributed by atoms with E-state index in [0.717, 1.165) is 12.8 Å². The Balaban J connectivity index is 2.46. The van der Waals surface area contributed by atoms with Gasteiger partial charge in [0, 0.05) is 12.3 Å². The van der Waals surface area contributed by atoms with Crippen LogP contribution in [0.5, 0.6) is 0 Å². The summed E-state index contributed by atoms with van der Waals surface area (Å²) in [6.07, 6.45) is 2.06. The summed E-state index contributed by atoms with van der Waals surface area (Å²) in [4.78, 5) is 11.8. The van der Waals surface area contributed by atoms with Crippen LogP contribution in [0.4, 0.5) is 5.69 Å². The monoisotopic (exact) mass is 305 g/mol. The van der Waals surface area contributed by atoms with Crippen molar-refractivity contribution in [1.82, 2.24) is 0 Å². The third kappa shape index (κ3) is 5.27. The molecule has 4 nitrogen and oxygen atoms in total. The summed E-state index contributed by atoms with van der Waals surface area (Å²) in [5.41, 5.74) is 6.13. The maximum absolute atomic E-state index is 11.8. The Labute approximate surface area is 122 Å². The van der Waals surface area contributed by atoms with Crippen molar-refractivity contribution in [2.75, 3.05) is 25.6 Å². The highest BCUT2D eigenvalue weighted by Gasteiger charge is 2.15. The van der Waals surface area contributed by atoms with Crippen molar-refractivity contribution >= 4 is 34.9 Å². The smallest absolute Gasteiger partial charge is 0.339 e. The number of carbonyl (C=O) groups is 1. The van der Waals surface area contributed by atoms with E-state index in [9.17, 15) is 4.79 Å². The summed E-state index contributed by atoms with van der Waals surface area (Å²) >= 11 is 11.8. The van der Waals surface area contributed by atoms with Gasteiger partial charge in [-0.05, 0) is 18.6 Å². The first-order valence-corrected chi connectivity index (χ1v) is 6.81. The molecule has 0 saturated heterocycles. The van der Waals surface area contributed by atoms with E-state index >= 15 is 0 Å². The Morgan fingerprint density at radius 3 is 2.68 bits per heavy atom. The zero-order valence-electron chi connectivity index (χ0n) is 10.7. The lowest BCUT2D eigenvalue weighted by Gasteiger charge is -2.08. The predicted molar refractivity (Wildman–Crippen MR) is 76.9 cm³/mol. The Bertz CT molecular complexity index is 438. The Morgan fingerprint density at radius 2 is 2.00 bits per heavy atom. The lowest BCUT2D eigenvalue weighted by atomic mass is 10.2. The standard InChI is InChI=1S/C13H17Cl2NO3/c1-2-3-4-18-5-6-19-13(17)10-7-9(16)8-11(14)12(10)15/h7-8H,2-6,16H2,1H3. The molecule has 0 heterocycles. The van der Waals surface area contributed by atoms with Gasteiger partial charge in [0.15, 0.2) is 0 Å². The first kappa shape index (κ1) is 16.1. The number of ether oxygens (including phenoxy) is 2. The van der Waals surface area contributed by atoms with E-state index in [2.05, 4.69) is 6.92 Å². The average Bonchev–Trinajstić information content (AvgIpc) is 2.37. The minimum absolute atomic E-state index is 0.146. The van der Waals surface area contributed by atoms with Crippen LogP contribution in [0.2, 0.25) is 10.0 Å². The van der Waals surface area contributed by atoms with Gasteiger partial charge in [-0.3, -0.25) is 0 Å². The molecular formula is C13H17Cl2NO3. The number of anilines is 1. The molecule has 0 saturated carbocycles. The summed E-state index contributed by atoms with van der Waals surface area (Å²) < 4.78 is 10.3. The van der Waals surface area contributed by atoms with E-state index < -0.39 is 5.97 Å². The zero-order valence-corrected chi connectivity index (χ0v) is 12.3. The molecule has 0 atom stereocenters. The van der Waals surface area contributed by atoms with Crippen LogP contribution in [0.25, 0.3) is 0 Å². The summed E-state index contributed by atoms with van der Waals surface area (Å²) in [5, 5.41) is 0.376. The third-order valence-corrected chi connectivity index (χ3v) is 3.18. The van der Waals surface area contributed by atoms with Gasteiger partial charge in [0.1, 0.15) is 6.61 Å². The zero-order chi connectivity index (χ0) is 14.3. The molecule has 1 aromatic rings. The largest absolute Gasteiger partial charge is 0.460 e. The number of benzene rings is 1. The summed E-state index contributed by atoms with van der Waals surface area (Å²) in [6.45, 7) is 3.28. The topological polar surface area (TPSA) is 61.5 Å². The fraction of sp³-hybridized carbons (Fsp3) is 0.462. The molecular weight excluding hydrogens is 289 g/mol. The molecule has 0 fully saturated rings. The molecule has 1 aromatic carbocycles. The minimum atomic E-state index is -0.557. The van der Waals surface area contributed by atoms with Crippen molar-refractivity contribution in [1.29, 1.82) is 0 Å². The molecule has 0 spiro atoms. The quantitative estimate of drug-likeness (QED) is 0.475. The lowest BCUT2D eigenvalue weighted by molar-refractivity contribution is 0.0314. The summed E-state index contributed by atoms with van der Waals surface area (Å²) in [6, 6.07) is 2.92. The van der Waals surface area contributed by atoms with Gasteiger partial charge >= 0.3 is 5.97 Å². The average molecular weight is 306 g/mol. The molecule has 0 bridgehead atoms. The number of esters is 1. The number of hydrogen-bond acceptors (Lipinski definition) is 4. The van der Waals surface area contributed by atoms with Crippen LogP contribution in [0.3, 0.4) is 0 Å². The van der Waals surface area contributed by atoms with Crippen molar-refractivity contribution in [3.05, 3.63) is 27.7 Å². The van der Waals surface area contributed by atoms with Gasteiger partial charge in [0.05, 0.1) is 22.2 Å². The van der Waals surface area contributed by atoms with Gasteiger partial charge in [0.25, 0.3) is 0 Å². The highest BCUT2D eigenvalue weighted by molar-refractivity contribution is 6.44. The number of hydrogen-bond donors (Lipinski definition) is 1. The second-order valence-electron chi connectivity index (χ2n) is 3.97. The summed E-state index contributed by atoms with van der Waals surface area (Å²) in [5.74, 6) is -0.557. The van der Waals surface area contributed by atoms with Gasteiger partial charge in [-0.2, -0.15) is 0 Å². The van der Waals surface area contributed by atoms with Crippen LogP contribution >= 0.6 is 23.2 Å². The van der Waals surface area contributed by atoms with Crippen molar-refractivity contribution < 1.29 is 14.3 Å². The van der Waals surface area contributed by atoms with Crippen LogP contribution in [0.1, 0.15) is 30.1 Å². The molecule has 0 aromatic heterocycles. The van der Waals surface area contributed by atoms with Crippen LogP contribution in [-0.4, -0.2) is 25.8 Å². The molecule has 6 heteroatoms. The van der Waals surface area contributed by atoms with Crippen LogP contribution in [0, 0.1) is 0 Å². The van der Waals surface area contributed by atoms with E-state index in [1.807, 2.05) is 0 Å². The first-order valence-electron chi connectivity index (χ1n) is 6.05. The van der Waals surface area contributed by atoms with E-state index in [0.29, 0.717) is 18.9 Å². The second kappa shape index (κ2) is 8.25. The first-order chi connectivity index (χ1) is 9.06. The Hall–Kier alpha value is -0.970. The van der Waals surface area contributed by atoms with Crippen LogP contribution in [-0.2, 0) is 9.47 Å². The molecule has 0 unspecified atom stereocenters. The van der Waals surface area contributed by atoms with E-state index in [4.69, 9.17) is 38.4 Å². The molecule has 0 aliphatic rings. The highest BCUT2D eigenvalue weighted by atomic mass is 35.5. The fourth-order valence-corrected chi connectivity index (χ4v) is 1.79. The van der Waals surface area contributed by atoms with Gasteiger partial charge < -0.3 is 15.2 Å². The molecule has 0 aliphatic carbocycles. The Kier molecular flexibility index (Phi) is 6.99. The fourth-order valence-electron chi connectivity index (χ4n) is 1.38. The van der Waals surface area contributed by atoms with Crippen LogP contribution in [0.15, 0.2) is 12.1 Å². The normalized spacial score (nSPS) is 10.5. The molecule has 1 rings (SSSR count). The molecule has 106 valence electrons. The number of nitrogen functional groups attached to an aromatic ring is 1. The maximum atomic E-state index is 11.8. The van der Waals surface area contributed by atoms with Crippen LogP contribution < -0.4 is 5.73 Å². The Morgan fingerprint density at radius 1 is 1.26 bits per heavy atom. The van der Waals surface area contributed by atoms with Gasteiger partial charge in [-0.1, -0.05) is 36.5 Å². The maximum Gasteiger partial charge on any atom is 0.339 e. The molecule has 19 heavy (non-hydrogen) atoms. The summed E-state index contributed by atoms with van der Waals surface area (Å²) in [7, 11) is 0. The van der Waals surface area contributed by atoms with Crippen molar-refractivity contribution in [3.63, 3.8) is 0 Å². The van der Waals surface area contributed by atoms with Crippen molar-refractivity contribution in [3.8, 4) is 0 Å².